The lowest BCUT2D eigenvalue weighted by Crippen LogP contribution is -2.49. The Morgan fingerprint density at radius 1 is 1.29 bits per heavy atom. The molecule has 0 aromatic carbocycles. The zero-order valence-electron chi connectivity index (χ0n) is 11.0. The summed E-state index contributed by atoms with van der Waals surface area (Å²) in [5.74, 6) is 0.940. The van der Waals surface area contributed by atoms with Crippen molar-refractivity contribution in [2.45, 2.75) is 26.2 Å². The summed E-state index contributed by atoms with van der Waals surface area (Å²) < 4.78 is 0. The number of nitrogens with zero attached hydrogens (tertiary/aromatic N) is 2. The van der Waals surface area contributed by atoms with Crippen molar-refractivity contribution in [2.75, 3.05) is 45.8 Å². The molecule has 0 aromatic rings. The van der Waals surface area contributed by atoms with Gasteiger partial charge in [-0.25, -0.2) is 0 Å². The van der Waals surface area contributed by atoms with E-state index in [0.717, 1.165) is 52.2 Å². The molecule has 2 rings (SSSR count). The summed E-state index contributed by atoms with van der Waals surface area (Å²) in [6.07, 6.45) is 3.19. The van der Waals surface area contributed by atoms with Crippen LogP contribution in [0, 0.1) is 5.92 Å². The lowest BCUT2D eigenvalue weighted by Gasteiger charge is -2.35. The van der Waals surface area contributed by atoms with Crippen molar-refractivity contribution < 1.29 is 4.79 Å². The molecule has 4 nitrogen and oxygen atoms in total. The SMILES string of the molecule is CCN1CCN(C(=O)CC2CCCNC2)CC1. The van der Waals surface area contributed by atoms with Crippen LogP contribution in [0.25, 0.3) is 0 Å². The van der Waals surface area contributed by atoms with Crippen LogP contribution in [0.3, 0.4) is 0 Å². The van der Waals surface area contributed by atoms with Gasteiger partial charge in [0.25, 0.3) is 0 Å². The Labute approximate surface area is 104 Å². The van der Waals surface area contributed by atoms with Crippen LogP contribution in [-0.2, 0) is 4.79 Å². The molecule has 0 aliphatic carbocycles. The molecule has 1 amide bonds. The minimum atomic E-state index is 0.370. The van der Waals surface area contributed by atoms with Gasteiger partial charge < -0.3 is 15.1 Å². The summed E-state index contributed by atoms with van der Waals surface area (Å²) in [6.45, 7) is 9.39. The first kappa shape index (κ1) is 12.8. The molecule has 1 atom stereocenters. The van der Waals surface area contributed by atoms with E-state index in [0.29, 0.717) is 11.8 Å². The van der Waals surface area contributed by atoms with Gasteiger partial charge in [0.05, 0.1) is 0 Å². The normalized spacial score (nSPS) is 27.1. The van der Waals surface area contributed by atoms with Crippen LogP contribution in [0.15, 0.2) is 0 Å². The van der Waals surface area contributed by atoms with Crippen LogP contribution in [0.4, 0.5) is 0 Å². The molecule has 2 aliphatic rings. The monoisotopic (exact) mass is 239 g/mol. The summed E-state index contributed by atoms with van der Waals surface area (Å²) in [4.78, 5) is 16.6. The lowest BCUT2D eigenvalue weighted by molar-refractivity contribution is -0.134. The van der Waals surface area contributed by atoms with Crippen LogP contribution < -0.4 is 5.32 Å². The number of likely N-dealkylation sites (N-methyl/N-ethyl adjacent to an activating group) is 1. The van der Waals surface area contributed by atoms with E-state index >= 15 is 0 Å². The minimum Gasteiger partial charge on any atom is -0.340 e. The number of nitrogens with one attached hydrogen (secondary N) is 1. The summed E-state index contributed by atoms with van der Waals surface area (Å²) >= 11 is 0. The Hall–Kier alpha value is -0.610. The van der Waals surface area contributed by atoms with Gasteiger partial charge in [-0.05, 0) is 38.4 Å². The molecule has 1 N–H and O–H groups in total. The molecule has 17 heavy (non-hydrogen) atoms. The van der Waals surface area contributed by atoms with E-state index in [1.54, 1.807) is 0 Å². The van der Waals surface area contributed by atoms with Crippen molar-refractivity contribution in [3.63, 3.8) is 0 Å². The molecule has 0 aromatic heterocycles. The zero-order valence-corrected chi connectivity index (χ0v) is 11.0. The highest BCUT2D eigenvalue weighted by molar-refractivity contribution is 5.76. The third-order valence-corrected chi connectivity index (χ3v) is 4.03. The van der Waals surface area contributed by atoms with Gasteiger partial charge >= 0.3 is 0 Å². The second kappa shape index (κ2) is 6.36. The molecule has 0 bridgehead atoms. The summed E-state index contributed by atoms with van der Waals surface area (Å²) in [6, 6.07) is 0. The van der Waals surface area contributed by atoms with Gasteiger partial charge in [0.2, 0.25) is 5.91 Å². The van der Waals surface area contributed by atoms with E-state index in [4.69, 9.17) is 0 Å². The van der Waals surface area contributed by atoms with Gasteiger partial charge in [-0.15, -0.1) is 0 Å². The fourth-order valence-electron chi connectivity index (χ4n) is 2.79. The molecule has 2 fully saturated rings. The summed E-state index contributed by atoms with van der Waals surface area (Å²) in [5.41, 5.74) is 0. The largest absolute Gasteiger partial charge is 0.340 e. The fraction of sp³-hybridized carbons (Fsp3) is 0.923. The van der Waals surface area contributed by atoms with Gasteiger partial charge in [0.1, 0.15) is 0 Å². The zero-order chi connectivity index (χ0) is 12.1. The molecule has 4 heteroatoms. The van der Waals surface area contributed by atoms with Crippen molar-refractivity contribution >= 4 is 5.91 Å². The number of hydrogen-bond donors (Lipinski definition) is 1. The predicted molar refractivity (Wildman–Crippen MR) is 68.9 cm³/mol. The Bertz CT molecular complexity index is 243. The number of amides is 1. The van der Waals surface area contributed by atoms with Crippen molar-refractivity contribution in [3.8, 4) is 0 Å². The average molecular weight is 239 g/mol. The number of carbonyl (C=O) groups excluding carboxylic acids is 1. The second-order valence-electron chi connectivity index (χ2n) is 5.23. The van der Waals surface area contributed by atoms with E-state index in [1.165, 1.54) is 12.8 Å². The highest BCUT2D eigenvalue weighted by Crippen LogP contribution is 2.16. The number of piperazine rings is 1. The van der Waals surface area contributed by atoms with Crippen molar-refractivity contribution in [2.24, 2.45) is 5.92 Å². The van der Waals surface area contributed by atoms with Crippen molar-refractivity contribution in [1.82, 2.24) is 15.1 Å². The molecular weight excluding hydrogens is 214 g/mol. The topological polar surface area (TPSA) is 35.6 Å². The number of carbonyl (C=O) groups is 1. The fourth-order valence-corrected chi connectivity index (χ4v) is 2.79. The van der Waals surface area contributed by atoms with E-state index in [2.05, 4.69) is 22.0 Å². The van der Waals surface area contributed by atoms with Crippen LogP contribution >= 0.6 is 0 Å². The lowest BCUT2D eigenvalue weighted by atomic mass is 9.95. The maximum absolute atomic E-state index is 12.1. The molecular formula is C13H25N3O. The third kappa shape index (κ3) is 3.68. The van der Waals surface area contributed by atoms with E-state index in [1.807, 2.05) is 0 Å². The van der Waals surface area contributed by atoms with Crippen LogP contribution in [-0.4, -0.2) is 61.5 Å². The second-order valence-corrected chi connectivity index (χ2v) is 5.23. The summed E-state index contributed by atoms with van der Waals surface area (Å²) in [5, 5.41) is 3.38. The molecule has 98 valence electrons. The maximum Gasteiger partial charge on any atom is 0.222 e. The molecule has 0 saturated carbocycles. The van der Waals surface area contributed by atoms with Crippen molar-refractivity contribution in [1.29, 1.82) is 0 Å². The number of hydrogen-bond acceptors (Lipinski definition) is 3. The Morgan fingerprint density at radius 2 is 2.06 bits per heavy atom. The standard InChI is InChI=1S/C13H25N3O/c1-2-15-6-8-16(9-7-15)13(17)10-12-4-3-5-14-11-12/h12,14H,2-11H2,1H3. The van der Waals surface area contributed by atoms with Gasteiger partial charge in [-0.2, -0.15) is 0 Å². The number of piperidine rings is 1. The molecule has 2 aliphatic heterocycles. The smallest absolute Gasteiger partial charge is 0.222 e. The van der Waals surface area contributed by atoms with Crippen LogP contribution in [0.2, 0.25) is 0 Å². The highest BCUT2D eigenvalue weighted by atomic mass is 16.2. The third-order valence-electron chi connectivity index (χ3n) is 4.03. The first-order valence-corrected chi connectivity index (χ1v) is 7.00. The molecule has 0 spiro atoms. The van der Waals surface area contributed by atoms with Crippen LogP contribution in [0.5, 0.6) is 0 Å². The number of rotatable bonds is 3. The highest BCUT2D eigenvalue weighted by Gasteiger charge is 2.23. The van der Waals surface area contributed by atoms with E-state index < -0.39 is 0 Å². The molecule has 0 radical (unpaired) electrons. The Morgan fingerprint density at radius 3 is 2.65 bits per heavy atom. The van der Waals surface area contributed by atoms with Gasteiger partial charge in [-0.3, -0.25) is 4.79 Å². The molecule has 1 unspecified atom stereocenters. The predicted octanol–water partition coefficient (Wildman–Crippen LogP) is 0.540. The first-order valence-electron chi connectivity index (χ1n) is 7.00. The van der Waals surface area contributed by atoms with Crippen molar-refractivity contribution in [3.05, 3.63) is 0 Å². The van der Waals surface area contributed by atoms with Gasteiger partial charge in [0.15, 0.2) is 0 Å². The minimum absolute atomic E-state index is 0.370. The van der Waals surface area contributed by atoms with Gasteiger partial charge in [-0.1, -0.05) is 6.92 Å². The summed E-state index contributed by atoms with van der Waals surface area (Å²) in [7, 11) is 0. The average Bonchev–Trinajstić information content (AvgIpc) is 2.40. The van der Waals surface area contributed by atoms with E-state index in [9.17, 15) is 4.79 Å². The quantitative estimate of drug-likeness (QED) is 0.781. The maximum atomic E-state index is 12.1. The molecule has 2 saturated heterocycles. The molecule has 2 heterocycles. The first-order chi connectivity index (χ1) is 8.29. The van der Waals surface area contributed by atoms with E-state index in [-0.39, 0.29) is 0 Å². The Balaban J connectivity index is 1.72. The van der Waals surface area contributed by atoms with Gasteiger partial charge in [0, 0.05) is 32.6 Å². The van der Waals surface area contributed by atoms with Crippen LogP contribution in [0.1, 0.15) is 26.2 Å². The Kier molecular flexibility index (Phi) is 4.80.